The normalized spacial score (nSPS) is 11.3. The lowest BCUT2D eigenvalue weighted by atomic mass is 10.1. The number of phenols is 1. The molecule has 0 heterocycles. The number of carbonyl (C=O) groups is 4. The van der Waals surface area contributed by atoms with Crippen LogP contribution in [0.4, 0.5) is 27.6 Å². The van der Waals surface area contributed by atoms with Crippen LogP contribution in [0.2, 0.25) is 0 Å². The highest BCUT2D eigenvalue weighted by atomic mass is 32.2. The number of hydrogen-bond donors (Lipinski definition) is 5. The Balaban J connectivity index is 2.90. The van der Waals surface area contributed by atoms with Gasteiger partial charge in [-0.1, -0.05) is 6.07 Å². The third-order valence-corrected chi connectivity index (χ3v) is 4.40. The zero-order chi connectivity index (χ0) is 22.4. The molecule has 5 N–H and O–H groups in total. The summed E-state index contributed by atoms with van der Waals surface area (Å²) in [5, 5.41) is 14.0. The van der Waals surface area contributed by atoms with Gasteiger partial charge in [0, 0.05) is 19.4 Å². The molecule has 0 radical (unpaired) electrons. The molecule has 11 nitrogen and oxygen atoms in total. The molecule has 0 aliphatic heterocycles. The van der Waals surface area contributed by atoms with Crippen molar-refractivity contribution in [1.29, 1.82) is 0 Å². The average Bonchev–Trinajstić information content (AvgIpc) is 2.50. The van der Waals surface area contributed by atoms with Gasteiger partial charge in [0.25, 0.3) is 10.0 Å². The largest absolute Gasteiger partial charge is 0.508 e. The topological polar surface area (TPSA) is 171 Å². The van der Waals surface area contributed by atoms with Crippen LogP contribution in [0.1, 0.15) is 18.9 Å². The Morgan fingerprint density at radius 2 is 1.55 bits per heavy atom. The molecule has 1 aromatic carbocycles. The molecule has 29 heavy (non-hydrogen) atoms. The monoisotopic (exact) mass is 440 g/mol. The van der Waals surface area contributed by atoms with Gasteiger partial charge in [-0.2, -0.15) is 13.2 Å². The zero-order valence-corrected chi connectivity index (χ0v) is 15.4. The molecule has 160 valence electrons. The molecule has 1 rings (SSSR count). The van der Waals surface area contributed by atoms with Gasteiger partial charge in [0.1, 0.15) is 5.75 Å². The Hall–Kier alpha value is -3.36. The molecule has 0 aromatic heterocycles. The second-order valence-electron chi connectivity index (χ2n) is 5.43. The predicted molar refractivity (Wildman–Crippen MR) is 89.1 cm³/mol. The second kappa shape index (κ2) is 9.22. The summed E-state index contributed by atoms with van der Waals surface area (Å²) in [4.78, 5) is 44.0. The fraction of sp³-hybridized carbons (Fsp3) is 0.286. The second-order valence-corrected chi connectivity index (χ2v) is 7.08. The van der Waals surface area contributed by atoms with Crippen molar-refractivity contribution in [3.63, 3.8) is 0 Å². The van der Waals surface area contributed by atoms with Gasteiger partial charge in [0.15, 0.2) is 0 Å². The SMILES string of the molecule is CC(=O)NC(=O)NC(=O)NC(=O)NS(=O)(=O)c1cc(O)ccc1CCC(F)(F)F. The van der Waals surface area contributed by atoms with Crippen molar-refractivity contribution in [2.45, 2.75) is 30.8 Å². The van der Waals surface area contributed by atoms with E-state index in [1.54, 1.807) is 5.32 Å². The highest BCUT2D eigenvalue weighted by Crippen LogP contribution is 2.27. The highest BCUT2D eigenvalue weighted by molar-refractivity contribution is 7.90. The average molecular weight is 440 g/mol. The number of hydrogen-bond acceptors (Lipinski definition) is 7. The summed E-state index contributed by atoms with van der Waals surface area (Å²) < 4.78 is 63.1. The number of sulfonamides is 1. The number of aryl methyl sites for hydroxylation is 1. The number of nitrogens with one attached hydrogen (secondary N) is 4. The third kappa shape index (κ3) is 8.46. The number of rotatable bonds is 4. The fourth-order valence-electron chi connectivity index (χ4n) is 1.91. The van der Waals surface area contributed by atoms with Crippen LogP contribution < -0.4 is 20.7 Å². The Morgan fingerprint density at radius 3 is 2.10 bits per heavy atom. The van der Waals surface area contributed by atoms with Gasteiger partial charge in [0.2, 0.25) is 5.91 Å². The van der Waals surface area contributed by atoms with Crippen LogP contribution >= 0.6 is 0 Å². The fourth-order valence-corrected chi connectivity index (χ4v) is 3.10. The van der Waals surface area contributed by atoms with Gasteiger partial charge in [-0.05, 0) is 18.1 Å². The number of carbonyl (C=O) groups excluding carboxylic acids is 4. The number of alkyl halides is 3. The van der Waals surface area contributed by atoms with Crippen LogP contribution in [0.25, 0.3) is 0 Å². The molecule has 0 fully saturated rings. The summed E-state index contributed by atoms with van der Waals surface area (Å²) in [6.45, 7) is 0.961. The van der Waals surface area contributed by atoms with Gasteiger partial charge in [0.05, 0.1) is 4.90 Å². The minimum atomic E-state index is -4.80. The van der Waals surface area contributed by atoms with E-state index in [0.717, 1.165) is 19.1 Å². The zero-order valence-electron chi connectivity index (χ0n) is 14.6. The molecule has 0 aliphatic carbocycles. The van der Waals surface area contributed by atoms with Gasteiger partial charge < -0.3 is 5.11 Å². The van der Waals surface area contributed by atoms with E-state index in [-0.39, 0.29) is 5.56 Å². The first-order chi connectivity index (χ1) is 13.2. The number of amides is 7. The van der Waals surface area contributed by atoms with Crippen LogP contribution in [-0.2, 0) is 21.2 Å². The number of aromatic hydroxyl groups is 1. The maximum Gasteiger partial charge on any atom is 0.389 e. The van der Waals surface area contributed by atoms with E-state index < -0.39 is 63.7 Å². The summed E-state index contributed by atoms with van der Waals surface area (Å²) in [6.07, 6.45) is -6.70. The molecule has 0 spiro atoms. The smallest absolute Gasteiger partial charge is 0.389 e. The van der Waals surface area contributed by atoms with E-state index >= 15 is 0 Å². The predicted octanol–water partition coefficient (Wildman–Crippen LogP) is 0.841. The van der Waals surface area contributed by atoms with Crippen LogP contribution in [0.5, 0.6) is 5.75 Å². The van der Waals surface area contributed by atoms with Gasteiger partial charge in [-0.15, -0.1) is 0 Å². The van der Waals surface area contributed by atoms with Crippen LogP contribution in [-0.4, -0.2) is 43.7 Å². The van der Waals surface area contributed by atoms with E-state index in [4.69, 9.17) is 0 Å². The molecule has 7 amide bonds. The first kappa shape index (κ1) is 23.7. The van der Waals surface area contributed by atoms with E-state index in [1.165, 1.54) is 15.4 Å². The van der Waals surface area contributed by atoms with Crippen LogP contribution in [0.3, 0.4) is 0 Å². The van der Waals surface area contributed by atoms with Crippen LogP contribution in [0, 0.1) is 0 Å². The molecule has 0 saturated heterocycles. The molecule has 0 unspecified atom stereocenters. The lowest BCUT2D eigenvalue weighted by molar-refractivity contribution is -0.134. The number of halogens is 3. The van der Waals surface area contributed by atoms with E-state index in [0.29, 0.717) is 6.07 Å². The Labute approximate surface area is 161 Å². The molecular weight excluding hydrogens is 425 g/mol. The summed E-state index contributed by atoms with van der Waals surface area (Å²) in [5.74, 6) is -1.42. The first-order valence-electron chi connectivity index (χ1n) is 7.54. The Bertz CT molecular complexity index is 932. The molecular formula is C14H15F3N4O7S. The minimum absolute atomic E-state index is 0.342. The molecule has 15 heteroatoms. The Morgan fingerprint density at radius 1 is 1.00 bits per heavy atom. The van der Waals surface area contributed by atoms with E-state index in [9.17, 15) is 45.9 Å². The number of phenolic OH excluding ortho intramolecular Hbond substituents is 1. The van der Waals surface area contributed by atoms with Crippen molar-refractivity contribution in [3.05, 3.63) is 23.8 Å². The quantitative estimate of drug-likeness (QED) is 0.462. The summed E-state index contributed by atoms with van der Waals surface area (Å²) in [5.41, 5.74) is -0.342. The molecule has 0 aliphatic rings. The highest BCUT2D eigenvalue weighted by Gasteiger charge is 2.29. The first-order valence-corrected chi connectivity index (χ1v) is 9.03. The maximum atomic E-state index is 12.4. The van der Waals surface area contributed by atoms with Crippen molar-refractivity contribution >= 4 is 34.0 Å². The van der Waals surface area contributed by atoms with Gasteiger partial charge in [-0.3, -0.25) is 20.7 Å². The van der Waals surface area contributed by atoms with Gasteiger partial charge in [-0.25, -0.2) is 27.5 Å². The third-order valence-electron chi connectivity index (χ3n) is 2.99. The van der Waals surface area contributed by atoms with Crippen molar-refractivity contribution in [2.24, 2.45) is 0 Å². The lowest BCUT2D eigenvalue weighted by Crippen LogP contribution is -2.51. The minimum Gasteiger partial charge on any atom is -0.508 e. The molecule has 0 saturated carbocycles. The van der Waals surface area contributed by atoms with Gasteiger partial charge >= 0.3 is 24.3 Å². The number of urea groups is 3. The summed E-state index contributed by atoms with van der Waals surface area (Å²) in [7, 11) is -4.80. The number of benzene rings is 1. The van der Waals surface area contributed by atoms with Crippen molar-refractivity contribution in [2.75, 3.05) is 0 Å². The van der Waals surface area contributed by atoms with Crippen molar-refractivity contribution in [3.8, 4) is 5.75 Å². The maximum absolute atomic E-state index is 12.4. The van der Waals surface area contributed by atoms with E-state index in [1.807, 2.05) is 0 Å². The summed E-state index contributed by atoms with van der Waals surface area (Å²) in [6, 6.07) is -1.92. The lowest BCUT2D eigenvalue weighted by Gasteiger charge is -2.13. The standard InChI is InChI=1S/C14H15F3N4O7S/c1-7(22)18-11(24)19-12(25)20-13(26)21-29(27,28)10-6-9(23)3-2-8(10)4-5-14(15,16)17/h2-3,6,23H,4-5H2,1H3,(H4,18,19,20,21,22,24,25,26). The molecule has 0 bridgehead atoms. The Kier molecular flexibility index (Phi) is 7.53. The number of imide groups is 3. The van der Waals surface area contributed by atoms with Crippen molar-refractivity contribution in [1.82, 2.24) is 20.7 Å². The molecule has 0 atom stereocenters. The van der Waals surface area contributed by atoms with Crippen molar-refractivity contribution < 1.29 is 45.9 Å². The van der Waals surface area contributed by atoms with E-state index in [2.05, 4.69) is 0 Å². The summed E-state index contributed by atoms with van der Waals surface area (Å²) >= 11 is 0. The van der Waals surface area contributed by atoms with Crippen LogP contribution in [0.15, 0.2) is 23.1 Å². The molecule has 1 aromatic rings.